The summed E-state index contributed by atoms with van der Waals surface area (Å²) in [4.78, 5) is 16.8. The van der Waals surface area contributed by atoms with E-state index in [-0.39, 0.29) is 5.91 Å². The summed E-state index contributed by atoms with van der Waals surface area (Å²) in [5.74, 6) is -0.0305. The van der Waals surface area contributed by atoms with Crippen LogP contribution in [0.25, 0.3) is 22.0 Å². The van der Waals surface area contributed by atoms with Crippen LogP contribution in [0.1, 0.15) is 16.1 Å². The molecule has 3 heteroatoms. The molecule has 0 aliphatic carbocycles. The lowest BCUT2D eigenvalue weighted by molar-refractivity contribution is 0.0966. The summed E-state index contributed by atoms with van der Waals surface area (Å²) in [6.45, 7) is 0.513. The number of rotatable bonds is 1. The van der Waals surface area contributed by atoms with E-state index in [1.165, 1.54) is 0 Å². The molecule has 96 valence electrons. The zero-order valence-corrected chi connectivity index (χ0v) is 10.8. The first-order valence-corrected chi connectivity index (χ1v) is 6.60. The second kappa shape index (κ2) is 4.17. The number of nitrogens with zero attached hydrogens (tertiary/aromatic N) is 1. The third kappa shape index (κ3) is 1.53. The fourth-order valence-electron chi connectivity index (χ4n) is 2.79. The van der Waals surface area contributed by atoms with E-state index in [2.05, 4.69) is 10.3 Å². The highest BCUT2D eigenvalue weighted by Gasteiger charge is 2.26. The van der Waals surface area contributed by atoms with E-state index >= 15 is 0 Å². The van der Waals surface area contributed by atoms with E-state index in [1.807, 2.05) is 54.6 Å². The van der Waals surface area contributed by atoms with Gasteiger partial charge in [-0.1, -0.05) is 48.5 Å². The highest BCUT2D eigenvalue weighted by molar-refractivity contribution is 6.11. The molecular weight excluding hydrogens is 248 g/mol. The van der Waals surface area contributed by atoms with Crippen molar-refractivity contribution in [2.75, 3.05) is 0 Å². The maximum atomic E-state index is 12.2. The lowest BCUT2D eigenvalue weighted by atomic mass is 9.95. The minimum absolute atomic E-state index is 0.0305. The van der Waals surface area contributed by atoms with E-state index in [1.54, 1.807) is 0 Å². The molecule has 3 nitrogen and oxygen atoms in total. The molecule has 2 heterocycles. The third-order valence-corrected chi connectivity index (χ3v) is 3.67. The number of benzene rings is 2. The number of pyridine rings is 1. The van der Waals surface area contributed by atoms with Gasteiger partial charge in [0, 0.05) is 10.9 Å². The third-order valence-electron chi connectivity index (χ3n) is 3.67. The lowest BCUT2D eigenvalue weighted by Gasteiger charge is -2.10. The van der Waals surface area contributed by atoms with Crippen LogP contribution in [-0.2, 0) is 6.54 Å². The molecule has 0 saturated carbocycles. The average Bonchev–Trinajstić information content (AvgIpc) is 2.87. The number of carbonyl (C=O) groups is 1. The molecule has 0 spiro atoms. The summed E-state index contributed by atoms with van der Waals surface area (Å²) in [7, 11) is 0. The van der Waals surface area contributed by atoms with Gasteiger partial charge in [-0.25, -0.2) is 0 Å². The normalized spacial score (nSPS) is 13.3. The van der Waals surface area contributed by atoms with Gasteiger partial charge in [-0.05, 0) is 11.6 Å². The van der Waals surface area contributed by atoms with E-state index in [0.717, 1.165) is 33.3 Å². The number of para-hydroxylation sites is 1. The van der Waals surface area contributed by atoms with Crippen molar-refractivity contribution in [2.45, 2.75) is 6.54 Å². The maximum Gasteiger partial charge on any atom is 0.254 e. The monoisotopic (exact) mass is 260 g/mol. The highest BCUT2D eigenvalue weighted by Crippen LogP contribution is 2.34. The SMILES string of the molecule is O=C1NCc2nc3ccccc3c(-c3ccccc3)c21. The number of carbonyl (C=O) groups excluding carboxylic acids is 1. The number of nitrogens with one attached hydrogen (secondary N) is 1. The fraction of sp³-hybridized carbons (Fsp3) is 0.0588. The first kappa shape index (κ1) is 11.2. The number of aromatic nitrogens is 1. The number of amides is 1. The van der Waals surface area contributed by atoms with Crippen molar-refractivity contribution < 1.29 is 4.79 Å². The second-order valence-electron chi connectivity index (χ2n) is 4.87. The molecule has 0 saturated heterocycles. The predicted octanol–water partition coefficient (Wildman–Crippen LogP) is 3.15. The molecule has 0 bridgehead atoms. The van der Waals surface area contributed by atoms with Gasteiger partial charge in [0.1, 0.15) is 0 Å². The van der Waals surface area contributed by atoms with E-state index < -0.39 is 0 Å². The standard InChI is InChI=1S/C17H12N2O/c20-17-16-14(10-18-17)19-13-9-5-4-8-12(13)15(16)11-6-2-1-3-7-11/h1-9H,10H2,(H,18,20). The largest absolute Gasteiger partial charge is 0.346 e. The topological polar surface area (TPSA) is 42.0 Å². The molecular formula is C17H12N2O. The molecule has 0 fully saturated rings. The van der Waals surface area contributed by atoms with Crippen LogP contribution in [0.15, 0.2) is 54.6 Å². The van der Waals surface area contributed by atoms with Crippen LogP contribution in [0.4, 0.5) is 0 Å². The smallest absolute Gasteiger partial charge is 0.254 e. The van der Waals surface area contributed by atoms with Crippen molar-refractivity contribution in [1.29, 1.82) is 0 Å². The quantitative estimate of drug-likeness (QED) is 0.730. The van der Waals surface area contributed by atoms with Crippen LogP contribution < -0.4 is 5.32 Å². The van der Waals surface area contributed by atoms with E-state index in [0.29, 0.717) is 6.54 Å². The molecule has 3 aromatic rings. The van der Waals surface area contributed by atoms with Crippen LogP contribution in [-0.4, -0.2) is 10.9 Å². The van der Waals surface area contributed by atoms with Gasteiger partial charge in [0.05, 0.1) is 23.3 Å². The zero-order valence-electron chi connectivity index (χ0n) is 10.8. The van der Waals surface area contributed by atoms with Gasteiger partial charge >= 0.3 is 0 Å². The van der Waals surface area contributed by atoms with Gasteiger partial charge in [0.2, 0.25) is 0 Å². The molecule has 20 heavy (non-hydrogen) atoms. The molecule has 0 unspecified atom stereocenters. The Morgan fingerprint density at radius 2 is 1.65 bits per heavy atom. The van der Waals surface area contributed by atoms with Crippen LogP contribution in [0.2, 0.25) is 0 Å². The van der Waals surface area contributed by atoms with Gasteiger partial charge in [-0.3, -0.25) is 9.78 Å². The zero-order chi connectivity index (χ0) is 13.5. The second-order valence-corrected chi connectivity index (χ2v) is 4.87. The fourth-order valence-corrected chi connectivity index (χ4v) is 2.79. The number of hydrogen-bond acceptors (Lipinski definition) is 2. The van der Waals surface area contributed by atoms with Crippen molar-refractivity contribution in [1.82, 2.24) is 10.3 Å². The molecule has 1 aliphatic rings. The number of hydrogen-bond donors (Lipinski definition) is 1. The Morgan fingerprint density at radius 3 is 2.50 bits per heavy atom. The Hall–Kier alpha value is -2.68. The summed E-state index contributed by atoms with van der Waals surface area (Å²) in [6, 6.07) is 18.0. The van der Waals surface area contributed by atoms with E-state index in [4.69, 9.17) is 0 Å². The van der Waals surface area contributed by atoms with Crippen molar-refractivity contribution in [3.05, 3.63) is 65.9 Å². The molecule has 0 atom stereocenters. The summed E-state index contributed by atoms with van der Waals surface area (Å²) in [6.07, 6.45) is 0. The van der Waals surface area contributed by atoms with Crippen LogP contribution in [0.5, 0.6) is 0 Å². The molecule has 4 rings (SSSR count). The Morgan fingerprint density at radius 1 is 0.900 bits per heavy atom. The Labute approximate surface area is 116 Å². The minimum atomic E-state index is -0.0305. The molecule has 1 aliphatic heterocycles. The van der Waals surface area contributed by atoms with Gasteiger partial charge in [-0.15, -0.1) is 0 Å². The van der Waals surface area contributed by atoms with Crippen molar-refractivity contribution in [3.8, 4) is 11.1 Å². The first-order valence-electron chi connectivity index (χ1n) is 6.60. The summed E-state index contributed by atoms with van der Waals surface area (Å²) < 4.78 is 0. The molecule has 1 aromatic heterocycles. The van der Waals surface area contributed by atoms with Crippen LogP contribution in [0, 0.1) is 0 Å². The van der Waals surface area contributed by atoms with E-state index in [9.17, 15) is 4.79 Å². The van der Waals surface area contributed by atoms with Gasteiger partial charge in [0.25, 0.3) is 5.91 Å². The van der Waals surface area contributed by atoms with Gasteiger partial charge < -0.3 is 5.32 Å². The number of fused-ring (bicyclic) bond motifs is 2. The Bertz CT molecular complexity index is 825. The first-order chi connectivity index (χ1) is 9.84. The van der Waals surface area contributed by atoms with Crippen molar-refractivity contribution in [2.24, 2.45) is 0 Å². The Kier molecular flexibility index (Phi) is 2.33. The van der Waals surface area contributed by atoms with Gasteiger partial charge in [0.15, 0.2) is 0 Å². The summed E-state index contributed by atoms with van der Waals surface area (Å²) in [5, 5.41) is 3.89. The maximum absolute atomic E-state index is 12.2. The lowest BCUT2D eigenvalue weighted by Crippen LogP contribution is -2.13. The molecule has 2 aromatic carbocycles. The average molecular weight is 260 g/mol. The van der Waals surface area contributed by atoms with Crippen molar-refractivity contribution in [3.63, 3.8) is 0 Å². The summed E-state index contributed by atoms with van der Waals surface area (Å²) >= 11 is 0. The van der Waals surface area contributed by atoms with Crippen LogP contribution >= 0.6 is 0 Å². The summed E-state index contributed by atoms with van der Waals surface area (Å²) in [5.41, 5.74) is 4.53. The molecule has 1 amide bonds. The Balaban J connectivity index is 2.17. The van der Waals surface area contributed by atoms with Crippen LogP contribution in [0.3, 0.4) is 0 Å². The highest BCUT2D eigenvalue weighted by atomic mass is 16.1. The molecule has 0 radical (unpaired) electrons. The van der Waals surface area contributed by atoms with Gasteiger partial charge in [-0.2, -0.15) is 0 Å². The molecule has 1 N–H and O–H groups in total. The van der Waals surface area contributed by atoms with Crippen molar-refractivity contribution >= 4 is 16.8 Å². The minimum Gasteiger partial charge on any atom is -0.346 e. The predicted molar refractivity (Wildman–Crippen MR) is 78.3 cm³/mol.